The van der Waals surface area contributed by atoms with Crippen molar-refractivity contribution in [2.24, 2.45) is 0 Å². The zero-order chi connectivity index (χ0) is 11.1. The summed E-state index contributed by atoms with van der Waals surface area (Å²) in [5, 5.41) is 2.74. The van der Waals surface area contributed by atoms with E-state index in [-0.39, 0.29) is 5.91 Å². The number of hydrogen-bond acceptors (Lipinski definition) is 2. The van der Waals surface area contributed by atoms with Crippen LogP contribution in [0.2, 0.25) is 0 Å². The number of nitrogens with one attached hydrogen (secondary N) is 1. The quantitative estimate of drug-likeness (QED) is 0.702. The van der Waals surface area contributed by atoms with Crippen LogP contribution < -0.4 is 5.32 Å². The van der Waals surface area contributed by atoms with Gasteiger partial charge in [-0.25, -0.2) is 0 Å². The minimum Gasteiger partial charge on any atom is -0.356 e. The van der Waals surface area contributed by atoms with Gasteiger partial charge in [0.15, 0.2) is 0 Å². The van der Waals surface area contributed by atoms with Crippen molar-refractivity contribution in [2.45, 2.75) is 39.0 Å². The monoisotopic (exact) mass is 212 g/mol. The predicted octanol–water partition coefficient (Wildman–Crippen LogP) is 0.915. The molecule has 4 nitrogen and oxygen atoms in total. The Morgan fingerprint density at radius 2 is 2.00 bits per heavy atom. The van der Waals surface area contributed by atoms with Gasteiger partial charge in [0, 0.05) is 32.5 Å². The van der Waals surface area contributed by atoms with E-state index in [1.165, 1.54) is 0 Å². The smallest absolute Gasteiger partial charge is 0.222 e. The molecule has 0 aromatic rings. The predicted molar refractivity (Wildman–Crippen MR) is 58.3 cm³/mol. The summed E-state index contributed by atoms with van der Waals surface area (Å²) in [5.74, 6) is 0.541. The van der Waals surface area contributed by atoms with Crippen LogP contribution in [-0.4, -0.2) is 36.3 Å². The van der Waals surface area contributed by atoms with Gasteiger partial charge in [-0.15, -0.1) is 0 Å². The maximum Gasteiger partial charge on any atom is 0.222 e. The molecule has 2 heterocycles. The van der Waals surface area contributed by atoms with Crippen molar-refractivity contribution in [2.75, 3.05) is 19.6 Å². The molecule has 0 bridgehead atoms. The molecule has 86 valence electrons. The number of carbonyl (C=O) groups excluding carboxylic acids is 2. The Labute approximate surface area is 91.0 Å². The fraction of sp³-hybridized carbons (Fsp3) is 0.818. The lowest BCUT2D eigenvalue weighted by atomic mass is 10.2. The molecule has 0 spiro atoms. The number of hydrogen-bond donors (Lipinski definition) is 1. The molecule has 0 unspecified atom stereocenters. The second-order valence-corrected chi connectivity index (χ2v) is 3.88. The van der Waals surface area contributed by atoms with Crippen molar-refractivity contribution in [3.8, 4) is 0 Å². The van der Waals surface area contributed by atoms with Crippen molar-refractivity contribution in [1.82, 2.24) is 10.2 Å². The highest BCUT2D eigenvalue weighted by Gasteiger charge is 2.16. The van der Waals surface area contributed by atoms with Gasteiger partial charge in [0.2, 0.25) is 11.8 Å². The number of nitrogens with zero attached hydrogens (tertiary/aromatic N) is 1. The van der Waals surface area contributed by atoms with Gasteiger partial charge in [-0.05, 0) is 26.2 Å². The number of likely N-dealkylation sites (tertiary alicyclic amines) is 1. The minimum absolute atomic E-state index is 0.214. The molecule has 2 saturated heterocycles. The second-order valence-electron chi connectivity index (χ2n) is 3.88. The Kier molecular flexibility index (Phi) is 5.15. The molecule has 0 aromatic carbocycles. The number of carbonyl (C=O) groups is 2. The molecule has 0 atom stereocenters. The van der Waals surface area contributed by atoms with Gasteiger partial charge in [-0.1, -0.05) is 0 Å². The minimum atomic E-state index is 0.214. The normalized spacial score (nSPS) is 20.7. The summed E-state index contributed by atoms with van der Waals surface area (Å²) < 4.78 is 0. The van der Waals surface area contributed by atoms with Crippen molar-refractivity contribution in [1.29, 1.82) is 0 Å². The van der Waals surface area contributed by atoms with E-state index in [0.717, 1.165) is 51.7 Å². The Morgan fingerprint density at radius 3 is 2.27 bits per heavy atom. The first kappa shape index (κ1) is 12.0. The molecule has 0 saturated carbocycles. The SMILES string of the molecule is CCN1CCCC1=O.O=C1CCCCN1. The third-order valence-electron chi connectivity index (χ3n) is 2.71. The van der Waals surface area contributed by atoms with Gasteiger partial charge in [0.25, 0.3) is 0 Å². The van der Waals surface area contributed by atoms with Crippen LogP contribution in [0, 0.1) is 0 Å². The van der Waals surface area contributed by atoms with Gasteiger partial charge >= 0.3 is 0 Å². The van der Waals surface area contributed by atoms with Gasteiger partial charge in [-0.3, -0.25) is 9.59 Å². The van der Waals surface area contributed by atoms with Crippen LogP contribution in [0.5, 0.6) is 0 Å². The van der Waals surface area contributed by atoms with Gasteiger partial charge in [-0.2, -0.15) is 0 Å². The Balaban J connectivity index is 0.000000151. The molecule has 0 aliphatic carbocycles. The van der Waals surface area contributed by atoms with Crippen LogP contribution in [0.15, 0.2) is 0 Å². The van der Waals surface area contributed by atoms with E-state index in [2.05, 4.69) is 5.32 Å². The highest BCUT2D eigenvalue weighted by molar-refractivity contribution is 5.78. The molecule has 2 rings (SSSR count). The van der Waals surface area contributed by atoms with Gasteiger partial charge in [0.05, 0.1) is 0 Å². The fourth-order valence-corrected chi connectivity index (χ4v) is 1.77. The van der Waals surface area contributed by atoms with Crippen molar-refractivity contribution in [3.05, 3.63) is 0 Å². The summed E-state index contributed by atoms with van der Waals surface area (Å²) >= 11 is 0. The van der Waals surface area contributed by atoms with E-state index < -0.39 is 0 Å². The van der Waals surface area contributed by atoms with E-state index >= 15 is 0 Å². The average molecular weight is 212 g/mol. The van der Waals surface area contributed by atoms with Gasteiger partial charge in [0.1, 0.15) is 0 Å². The summed E-state index contributed by atoms with van der Waals surface area (Å²) in [6.45, 7) is 4.77. The fourth-order valence-electron chi connectivity index (χ4n) is 1.77. The first-order valence-electron chi connectivity index (χ1n) is 5.78. The van der Waals surface area contributed by atoms with Crippen molar-refractivity contribution >= 4 is 11.8 Å². The first-order chi connectivity index (χ1) is 7.24. The molecule has 1 N–H and O–H groups in total. The summed E-state index contributed by atoms with van der Waals surface area (Å²) in [5.41, 5.74) is 0. The summed E-state index contributed by atoms with van der Waals surface area (Å²) in [6.07, 6.45) is 4.80. The summed E-state index contributed by atoms with van der Waals surface area (Å²) in [7, 11) is 0. The van der Waals surface area contributed by atoms with E-state index in [1.807, 2.05) is 11.8 Å². The molecule has 15 heavy (non-hydrogen) atoms. The van der Waals surface area contributed by atoms with E-state index in [0.29, 0.717) is 5.91 Å². The van der Waals surface area contributed by atoms with E-state index in [1.54, 1.807) is 0 Å². The van der Waals surface area contributed by atoms with Crippen LogP contribution >= 0.6 is 0 Å². The number of piperidine rings is 1. The standard InChI is InChI=1S/C6H11NO.C5H9NO/c1-2-7-5-3-4-6(7)8;7-5-3-1-2-4-6-5/h2-5H2,1H3;1-4H2,(H,6,7). The molecule has 4 heteroatoms. The number of rotatable bonds is 1. The zero-order valence-corrected chi connectivity index (χ0v) is 9.42. The van der Waals surface area contributed by atoms with Crippen LogP contribution in [0.25, 0.3) is 0 Å². The molecule has 2 aliphatic heterocycles. The summed E-state index contributed by atoms with van der Waals surface area (Å²) in [6, 6.07) is 0. The lowest BCUT2D eigenvalue weighted by Gasteiger charge is -2.10. The molecule has 0 aromatic heterocycles. The molecule has 2 aliphatic rings. The van der Waals surface area contributed by atoms with E-state index in [9.17, 15) is 9.59 Å². The molecule has 2 fully saturated rings. The maximum atomic E-state index is 10.7. The zero-order valence-electron chi connectivity index (χ0n) is 9.42. The van der Waals surface area contributed by atoms with Gasteiger partial charge < -0.3 is 10.2 Å². The van der Waals surface area contributed by atoms with E-state index in [4.69, 9.17) is 0 Å². The topological polar surface area (TPSA) is 49.4 Å². The van der Waals surface area contributed by atoms with Crippen LogP contribution in [0.3, 0.4) is 0 Å². The Morgan fingerprint density at radius 1 is 1.20 bits per heavy atom. The number of amides is 2. The van der Waals surface area contributed by atoms with Crippen LogP contribution in [0.1, 0.15) is 39.0 Å². The highest BCUT2D eigenvalue weighted by atomic mass is 16.2. The lowest BCUT2D eigenvalue weighted by Crippen LogP contribution is -2.28. The third-order valence-corrected chi connectivity index (χ3v) is 2.71. The molecule has 0 radical (unpaired) electrons. The maximum absolute atomic E-state index is 10.7. The van der Waals surface area contributed by atoms with Crippen LogP contribution in [0.4, 0.5) is 0 Å². The highest BCUT2D eigenvalue weighted by Crippen LogP contribution is 2.07. The summed E-state index contributed by atoms with van der Waals surface area (Å²) in [4.78, 5) is 23.0. The second kappa shape index (κ2) is 6.43. The first-order valence-corrected chi connectivity index (χ1v) is 5.78. The molecule has 2 amide bonds. The van der Waals surface area contributed by atoms with Crippen molar-refractivity contribution in [3.63, 3.8) is 0 Å². The lowest BCUT2D eigenvalue weighted by molar-refractivity contribution is -0.127. The van der Waals surface area contributed by atoms with Crippen LogP contribution in [-0.2, 0) is 9.59 Å². The molecular weight excluding hydrogens is 192 g/mol. The Bertz CT molecular complexity index is 221. The largest absolute Gasteiger partial charge is 0.356 e. The average Bonchev–Trinajstić information content (AvgIpc) is 2.66. The molecular formula is C11H20N2O2. The van der Waals surface area contributed by atoms with Crippen molar-refractivity contribution < 1.29 is 9.59 Å². The third kappa shape index (κ3) is 4.32. The Hall–Kier alpha value is -1.06.